The lowest BCUT2D eigenvalue weighted by molar-refractivity contribution is 0.114. The standard InChI is InChI=1S/C16H25NO4S/c1-15(2)10-4-5-11-17-16(15,12-18)22(19,20)14-8-6-13(21-3)7-9-14/h6-9,17-18H,4-5,10-12H2,1-3H3. The molecule has 124 valence electrons. The van der Waals surface area contributed by atoms with Gasteiger partial charge in [0.15, 0.2) is 14.7 Å². The number of nitrogens with one attached hydrogen (secondary N) is 1. The number of rotatable bonds is 4. The van der Waals surface area contributed by atoms with Crippen LogP contribution in [0.4, 0.5) is 0 Å². The van der Waals surface area contributed by atoms with E-state index in [9.17, 15) is 13.5 Å². The number of ether oxygens (including phenoxy) is 1. The molecule has 0 saturated carbocycles. The van der Waals surface area contributed by atoms with E-state index in [0.29, 0.717) is 12.3 Å². The van der Waals surface area contributed by atoms with Gasteiger partial charge in [-0.1, -0.05) is 20.3 Å². The van der Waals surface area contributed by atoms with Crippen molar-refractivity contribution >= 4 is 9.84 Å². The molecule has 1 saturated heterocycles. The van der Waals surface area contributed by atoms with Crippen molar-refractivity contribution in [2.24, 2.45) is 5.41 Å². The summed E-state index contributed by atoms with van der Waals surface area (Å²) >= 11 is 0. The Labute approximate surface area is 132 Å². The van der Waals surface area contributed by atoms with Crippen molar-refractivity contribution in [2.45, 2.75) is 42.9 Å². The van der Waals surface area contributed by atoms with Gasteiger partial charge in [0.2, 0.25) is 0 Å². The number of aliphatic hydroxyl groups excluding tert-OH is 1. The maximum Gasteiger partial charge on any atom is 0.199 e. The third-order valence-corrected chi connectivity index (χ3v) is 7.42. The first-order valence-corrected chi connectivity index (χ1v) is 9.04. The van der Waals surface area contributed by atoms with Crippen molar-refractivity contribution in [3.05, 3.63) is 24.3 Å². The summed E-state index contributed by atoms with van der Waals surface area (Å²) < 4.78 is 31.6. The van der Waals surface area contributed by atoms with Crippen LogP contribution >= 0.6 is 0 Å². The summed E-state index contributed by atoms with van der Waals surface area (Å²) in [5, 5.41) is 13.2. The molecule has 1 unspecified atom stereocenters. The summed E-state index contributed by atoms with van der Waals surface area (Å²) in [5.41, 5.74) is -0.572. The van der Waals surface area contributed by atoms with E-state index in [1.54, 1.807) is 12.1 Å². The average Bonchev–Trinajstić information content (AvgIpc) is 2.65. The van der Waals surface area contributed by atoms with Crippen LogP contribution in [-0.4, -0.2) is 38.7 Å². The highest BCUT2D eigenvalue weighted by molar-refractivity contribution is 7.92. The van der Waals surface area contributed by atoms with E-state index < -0.39 is 26.7 Å². The Morgan fingerprint density at radius 3 is 2.41 bits per heavy atom. The highest BCUT2D eigenvalue weighted by Crippen LogP contribution is 2.44. The Balaban J connectivity index is 2.55. The van der Waals surface area contributed by atoms with Gasteiger partial charge in [-0.15, -0.1) is 0 Å². The van der Waals surface area contributed by atoms with Gasteiger partial charge in [-0.25, -0.2) is 8.42 Å². The zero-order chi connectivity index (χ0) is 16.4. The number of aliphatic hydroxyl groups is 1. The average molecular weight is 327 g/mol. The molecule has 1 heterocycles. The molecule has 0 aliphatic carbocycles. The minimum atomic E-state index is -3.75. The van der Waals surface area contributed by atoms with Crippen molar-refractivity contribution < 1.29 is 18.3 Å². The Bertz CT molecular complexity index is 610. The maximum atomic E-state index is 13.2. The van der Waals surface area contributed by atoms with Crippen LogP contribution in [-0.2, 0) is 9.84 Å². The first kappa shape index (κ1) is 17.2. The summed E-state index contributed by atoms with van der Waals surface area (Å²) in [6.07, 6.45) is 2.60. The molecule has 1 aromatic rings. The second-order valence-electron chi connectivity index (χ2n) is 6.43. The van der Waals surface area contributed by atoms with Crippen LogP contribution in [0, 0.1) is 5.41 Å². The quantitative estimate of drug-likeness (QED) is 0.884. The summed E-state index contributed by atoms with van der Waals surface area (Å²) in [6, 6.07) is 6.33. The van der Waals surface area contributed by atoms with Crippen LogP contribution in [0.2, 0.25) is 0 Å². The van der Waals surface area contributed by atoms with Crippen LogP contribution in [0.3, 0.4) is 0 Å². The van der Waals surface area contributed by atoms with Crippen molar-refractivity contribution in [2.75, 3.05) is 20.3 Å². The lowest BCUT2D eigenvalue weighted by atomic mass is 9.80. The minimum absolute atomic E-state index is 0.199. The third kappa shape index (κ3) is 2.64. The number of sulfone groups is 1. The van der Waals surface area contributed by atoms with E-state index in [1.165, 1.54) is 19.2 Å². The molecule has 1 fully saturated rings. The molecule has 1 aromatic carbocycles. The summed E-state index contributed by atoms with van der Waals surface area (Å²) in [4.78, 5) is -1.17. The molecule has 1 aliphatic rings. The smallest absolute Gasteiger partial charge is 0.199 e. The lowest BCUT2D eigenvalue weighted by Crippen LogP contribution is -2.63. The van der Waals surface area contributed by atoms with Crippen LogP contribution in [0.1, 0.15) is 33.1 Å². The van der Waals surface area contributed by atoms with Gasteiger partial charge in [-0.2, -0.15) is 0 Å². The van der Waals surface area contributed by atoms with Crippen LogP contribution < -0.4 is 10.1 Å². The Morgan fingerprint density at radius 2 is 1.86 bits per heavy atom. The van der Waals surface area contributed by atoms with Crippen molar-refractivity contribution in [1.29, 1.82) is 0 Å². The van der Waals surface area contributed by atoms with Crippen LogP contribution in [0.5, 0.6) is 5.75 Å². The van der Waals surface area contributed by atoms with Gasteiger partial charge in [0.1, 0.15) is 5.75 Å². The summed E-state index contributed by atoms with van der Waals surface area (Å²) in [5.74, 6) is 0.602. The monoisotopic (exact) mass is 327 g/mol. The second kappa shape index (κ2) is 6.18. The molecule has 0 amide bonds. The zero-order valence-corrected chi connectivity index (χ0v) is 14.2. The molecular formula is C16H25NO4S. The normalized spacial score (nSPS) is 25.5. The molecule has 0 bridgehead atoms. The largest absolute Gasteiger partial charge is 0.497 e. The van der Waals surface area contributed by atoms with Gasteiger partial charge in [0.05, 0.1) is 18.6 Å². The number of methoxy groups -OCH3 is 1. The van der Waals surface area contributed by atoms with Gasteiger partial charge in [0.25, 0.3) is 0 Å². The highest BCUT2D eigenvalue weighted by Gasteiger charge is 2.55. The predicted molar refractivity (Wildman–Crippen MR) is 85.6 cm³/mol. The fraction of sp³-hybridized carbons (Fsp3) is 0.625. The van der Waals surface area contributed by atoms with Gasteiger partial charge in [-0.05, 0) is 43.7 Å². The molecular weight excluding hydrogens is 302 g/mol. The van der Waals surface area contributed by atoms with Gasteiger partial charge >= 0.3 is 0 Å². The first-order valence-electron chi connectivity index (χ1n) is 7.55. The van der Waals surface area contributed by atoms with Crippen LogP contribution in [0.15, 0.2) is 29.2 Å². The molecule has 22 heavy (non-hydrogen) atoms. The molecule has 1 atom stereocenters. The lowest BCUT2D eigenvalue weighted by Gasteiger charge is -2.44. The Morgan fingerprint density at radius 1 is 1.23 bits per heavy atom. The molecule has 2 N–H and O–H groups in total. The predicted octanol–water partition coefficient (Wildman–Crippen LogP) is 1.96. The summed E-state index contributed by atoms with van der Waals surface area (Å²) in [6.45, 7) is 3.94. The number of benzene rings is 1. The highest BCUT2D eigenvalue weighted by atomic mass is 32.2. The van der Waals surface area contributed by atoms with Gasteiger partial charge < -0.3 is 9.84 Å². The molecule has 0 aromatic heterocycles. The molecule has 5 nitrogen and oxygen atoms in total. The number of hydrogen-bond acceptors (Lipinski definition) is 5. The van der Waals surface area contributed by atoms with Gasteiger partial charge in [-0.3, -0.25) is 5.32 Å². The van der Waals surface area contributed by atoms with Crippen LogP contribution in [0.25, 0.3) is 0 Å². The van der Waals surface area contributed by atoms with Crippen molar-refractivity contribution in [1.82, 2.24) is 5.32 Å². The summed E-state index contributed by atoms with van der Waals surface area (Å²) in [7, 11) is -2.21. The maximum absolute atomic E-state index is 13.2. The molecule has 6 heteroatoms. The van der Waals surface area contributed by atoms with E-state index in [4.69, 9.17) is 4.74 Å². The van der Waals surface area contributed by atoms with E-state index in [-0.39, 0.29) is 4.90 Å². The van der Waals surface area contributed by atoms with Crippen molar-refractivity contribution in [3.63, 3.8) is 0 Å². The van der Waals surface area contributed by atoms with E-state index in [2.05, 4.69) is 5.32 Å². The van der Waals surface area contributed by atoms with E-state index in [0.717, 1.165) is 19.3 Å². The molecule has 1 aliphatic heterocycles. The Kier molecular flexibility index (Phi) is 4.84. The SMILES string of the molecule is COc1ccc(S(=O)(=O)C2(CO)NCCCCC2(C)C)cc1. The topological polar surface area (TPSA) is 75.6 Å². The number of hydrogen-bond donors (Lipinski definition) is 2. The van der Waals surface area contributed by atoms with Gasteiger partial charge in [0, 0.05) is 5.41 Å². The third-order valence-electron chi connectivity index (χ3n) is 4.78. The van der Waals surface area contributed by atoms with E-state index >= 15 is 0 Å². The molecule has 2 rings (SSSR count). The van der Waals surface area contributed by atoms with E-state index in [1.807, 2.05) is 13.8 Å². The molecule has 0 radical (unpaired) electrons. The fourth-order valence-electron chi connectivity index (χ4n) is 3.19. The van der Waals surface area contributed by atoms with Crippen molar-refractivity contribution in [3.8, 4) is 5.75 Å². The fourth-order valence-corrected chi connectivity index (χ4v) is 5.38. The second-order valence-corrected chi connectivity index (χ2v) is 8.61. The minimum Gasteiger partial charge on any atom is -0.497 e. The zero-order valence-electron chi connectivity index (χ0n) is 13.4. The Hall–Kier alpha value is -1.11. The first-order chi connectivity index (χ1) is 10.3. The molecule has 0 spiro atoms.